The highest BCUT2D eigenvalue weighted by molar-refractivity contribution is 7.89. The number of nitrogens with zero attached hydrogens (tertiary/aromatic N) is 2. The number of amides is 1. The predicted octanol–water partition coefficient (Wildman–Crippen LogP) is 1.66. The van der Waals surface area contributed by atoms with Gasteiger partial charge in [-0.1, -0.05) is 18.2 Å². The number of sulfonamides is 1. The standard InChI is InChI=1S/C21H26N2O5S/c1-13-3-6-17(11-14(13)2)29(27,28)23-9-7-22(8-10-23)20(24)18-15-4-5-16(12-15)19(18)21(25)26/h3-6,11,15-16,18-19H,7-10,12H2,1-2H3,(H,25,26)/t15-,16+,18+,19+/m1/s1. The minimum Gasteiger partial charge on any atom is -0.481 e. The van der Waals surface area contributed by atoms with Gasteiger partial charge in [0.25, 0.3) is 0 Å². The molecule has 1 aromatic rings. The number of carboxylic acid groups (broad SMARTS) is 1. The van der Waals surface area contributed by atoms with Gasteiger partial charge in [0, 0.05) is 26.2 Å². The highest BCUT2D eigenvalue weighted by atomic mass is 32.2. The van der Waals surface area contributed by atoms with E-state index < -0.39 is 27.8 Å². The van der Waals surface area contributed by atoms with E-state index >= 15 is 0 Å². The van der Waals surface area contributed by atoms with Crippen LogP contribution in [0.4, 0.5) is 0 Å². The zero-order chi connectivity index (χ0) is 20.9. The summed E-state index contributed by atoms with van der Waals surface area (Å²) in [6, 6.07) is 5.10. The number of aliphatic carboxylic acids is 1. The highest BCUT2D eigenvalue weighted by Crippen LogP contribution is 2.48. The molecule has 1 saturated heterocycles. The van der Waals surface area contributed by atoms with Crippen LogP contribution in [0.15, 0.2) is 35.2 Å². The number of allylic oxidation sites excluding steroid dienone is 2. The van der Waals surface area contributed by atoms with E-state index in [0.717, 1.165) is 11.1 Å². The van der Waals surface area contributed by atoms with Gasteiger partial charge in [-0.2, -0.15) is 4.31 Å². The second-order valence-corrected chi connectivity index (χ2v) is 10.3. The third kappa shape index (κ3) is 3.38. The molecule has 1 aliphatic heterocycles. The molecule has 2 aliphatic carbocycles. The second kappa shape index (κ2) is 7.25. The molecule has 156 valence electrons. The number of carboxylic acids is 1. The van der Waals surface area contributed by atoms with Gasteiger partial charge in [0.05, 0.1) is 16.7 Å². The van der Waals surface area contributed by atoms with Crippen molar-refractivity contribution in [2.24, 2.45) is 23.7 Å². The van der Waals surface area contributed by atoms with Crippen molar-refractivity contribution in [1.82, 2.24) is 9.21 Å². The maximum atomic E-state index is 13.1. The number of carbonyl (C=O) groups is 2. The third-order valence-corrected chi connectivity index (χ3v) is 8.59. The lowest BCUT2D eigenvalue weighted by molar-refractivity contribution is -0.151. The molecule has 4 atom stereocenters. The predicted molar refractivity (Wildman–Crippen MR) is 107 cm³/mol. The van der Waals surface area contributed by atoms with Gasteiger partial charge in [0.2, 0.25) is 15.9 Å². The Morgan fingerprint density at radius 3 is 2.17 bits per heavy atom. The van der Waals surface area contributed by atoms with Crippen LogP contribution >= 0.6 is 0 Å². The van der Waals surface area contributed by atoms with Crippen molar-refractivity contribution >= 4 is 21.9 Å². The molecule has 0 spiro atoms. The molecule has 0 aromatic heterocycles. The van der Waals surface area contributed by atoms with Crippen molar-refractivity contribution in [1.29, 1.82) is 0 Å². The van der Waals surface area contributed by atoms with E-state index in [1.165, 1.54) is 4.31 Å². The Hall–Kier alpha value is -2.19. The fraction of sp³-hybridized carbons (Fsp3) is 0.524. The summed E-state index contributed by atoms with van der Waals surface area (Å²) in [6.07, 6.45) is 4.60. The number of carbonyl (C=O) groups excluding carboxylic acids is 1. The first-order chi connectivity index (χ1) is 13.7. The van der Waals surface area contributed by atoms with Crippen LogP contribution in [0.25, 0.3) is 0 Å². The Balaban J connectivity index is 1.45. The largest absolute Gasteiger partial charge is 0.481 e. The molecule has 1 amide bonds. The summed E-state index contributed by atoms with van der Waals surface area (Å²) in [5, 5.41) is 9.58. The molecule has 2 bridgehead atoms. The van der Waals surface area contributed by atoms with Crippen molar-refractivity contribution in [2.45, 2.75) is 25.2 Å². The maximum Gasteiger partial charge on any atom is 0.307 e. The van der Waals surface area contributed by atoms with Crippen LogP contribution in [0.2, 0.25) is 0 Å². The SMILES string of the molecule is Cc1ccc(S(=O)(=O)N2CCN(C(=O)[C@@H]3[C@@H](C(=O)O)[C@H]4C=C[C@@H]3C4)CC2)cc1C. The van der Waals surface area contributed by atoms with E-state index in [1.807, 2.05) is 26.0 Å². The van der Waals surface area contributed by atoms with Crippen LogP contribution in [0.3, 0.4) is 0 Å². The van der Waals surface area contributed by atoms with E-state index in [-0.39, 0.29) is 48.8 Å². The first kappa shape index (κ1) is 20.1. The van der Waals surface area contributed by atoms with Gasteiger partial charge < -0.3 is 10.0 Å². The number of rotatable bonds is 4. The van der Waals surface area contributed by atoms with Crippen molar-refractivity contribution < 1.29 is 23.1 Å². The van der Waals surface area contributed by atoms with E-state index in [0.29, 0.717) is 6.42 Å². The first-order valence-corrected chi connectivity index (χ1v) is 11.4. The number of benzene rings is 1. The van der Waals surface area contributed by atoms with Crippen LogP contribution in [0.1, 0.15) is 17.5 Å². The van der Waals surface area contributed by atoms with E-state index in [2.05, 4.69) is 0 Å². The zero-order valence-corrected chi connectivity index (χ0v) is 17.4. The summed E-state index contributed by atoms with van der Waals surface area (Å²) in [4.78, 5) is 26.7. The molecule has 4 rings (SSSR count). The molecule has 3 aliphatic rings. The van der Waals surface area contributed by atoms with Crippen LogP contribution in [0, 0.1) is 37.5 Å². The average Bonchev–Trinajstić information content (AvgIpc) is 3.31. The zero-order valence-electron chi connectivity index (χ0n) is 16.6. The van der Waals surface area contributed by atoms with Gasteiger partial charge in [-0.25, -0.2) is 8.42 Å². The second-order valence-electron chi connectivity index (χ2n) is 8.31. The molecule has 7 nitrogen and oxygen atoms in total. The number of aryl methyl sites for hydroxylation is 2. The molecular formula is C21H26N2O5S. The molecular weight excluding hydrogens is 392 g/mol. The summed E-state index contributed by atoms with van der Waals surface area (Å²) in [5.41, 5.74) is 1.95. The fourth-order valence-electron chi connectivity index (χ4n) is 4.88. The van der Waals surface area contributed by atoms with Gasteiger partial charge in [-0.15, -0.1) is 0 Å². The van der Waals surface area contributed by atoms with Gasteiger partial charge in [0.1, 0.15) is 0 Å². The highest BCUT2D eigenvalue weighted by Gasteiger charge is 2.52. The monoisotopic (exact) mass is 418 g/mol. The van der Waals surface area contributed by atoms with Crippen LogP contribution in [-0.2, 0) is 19.6 Å². The number of hydrogen-bond donors (Lipinski definition) is 1. The summed E-state index contributed by atoms with van der Waals surface area (Å²) in [5.74, 6) is -2.38. The van der Waals surface area contributed by atoms with Crippen molar-refractivity contribution in [3.05, 3.63) is 41.5 Å². The molecule has 1 heterocycles. The van der Waals surface area contributed by atoms with E-state index in [4.69, 9.17) is 0 Å². The summed E-state index contributed by atoms with van der Waals surface area (Å²) < 4.78 is 27.3. The van der Waals surface area contributed by atoms with Gasteiger partial charge >= 0.3 is 5.97 Å². The van der Waals surface area contributed by atoms with Crippen LogP contribution in [-0.4, -0.2) is 60.8 Å². The van der Waals surface area contributed by atoms with E-state index in [9.17, 15) is 23.1 Å². The normalized spacial score (nSPS) is 29.4. The lowest BCUT2D eigenvalue weighted by Crippen LogP contribution is -2.53. The lowest BCUT2D eigenvalue weighted by Gasteiger charge is -2.37. The van der Waals surface area contributed by atoms with Crippen molar-refractivity contribution in [3.63, 3.8) is 0 Å². The molecule has 1 N–H and O–H groups in total. The van der Waals surface area contributed by atoms with E-state index in [1.54, 1.807) is 23.1 Å². The topological polar surface area (TPSA) is 95.0 Å². The quantitative estimate of drug-likeness (QED) is 0.751. The van der Waals surface area contributed by atoms with Gasteiger partial charge in [0.15, 0.2) is 0 Å². The summed E-state index contributed by atoms with van der Waals surface area (Å²) >= 11 is 0. The molecule has 1 saturated carbocycles. The Kier molecular flexibility index (Phi) is 5.02. The molecule has 2 fully saturated rings. The number of hydrogen-bond acceptors (Lipinski definition) is 4. The fourth-order valence-corrected chi connectivity index (χ4v) is 6.39. The third-order valence-electron chi connectivity index (χ3n) is 6.70. The smallest absolute Gasteiger partial charge is 0.307 e. The van der Waals surface area contributed by atoms with Crippen molar-refractivity contribution in [2.75, 3.05) is 26.2 Å². The minimum absolute atomic E-state index is 0.0223. The Morgan fingerprint density at radius 2 is 1.59 bits per heavy atom. The van der Waals surface area contributed by atoms with Crippen molar-refractivity contribution in [3.8, 4) is 0 Å². The molecule has 0 radical (unpaired) electrons. The average molecular weight is 419 g/mol. The molecule has 8 heteroatoms. The lowest BCUT2D eigenvalue weighted by atomic mass is 9.82. The van der Waals surface area contributed by atoms with Gasteiger partial charge in [-0.3, -0.25) is 9.59 Å². The Morgan fingerprint density at radius 1 is 0.966 bits per heavy atom. The minimum atomic E-state index is -3.61. The molecule has 29 heavy (non-hydrogen) atoms. The maximum absolute atomic E-state index is 13.1. The molecule has 1 aromatic carbocycles. The number of fused-ring (bicyclic) bond motifs is 2. The number of piperazine rings is 1. The Labute approximate surface area is 171 Å². The molecule has 0 unspecified atom stereocenters. The summed E-state index contributed by atoms with van der Waals surface area (Å²) in [6.45, 7) is 4.82. The van der Waals surface area contributed by atoms with Crippen LogP contribution in [0.5, 0.6) is 0 Å². The summed E-state index contributed by atoms with van der Waals surface area (Å²) in [7, 11) is -3.61. The Bertz CT molecular complexity index is 979. The van der Waals surface area contributed by atoms with Gasteiger partial charge in [-0.05, 0) is 55.4 Å². The first-order valence-electron chi connectivity index (χ1n) is 9.97. The van der Waals surface area contributed by atoms with Crippen LogP contribution < -0.4 is 0 Å².